The molecule has 0 spiro atoms. The van der Waals surface area contributed by atoms with Gasteiger partial charge in [-0.2, -0.15) is 0 Å². The molecule has 1 rings (SSSR count). The van der Waals surface area contributed by atoms with Gasteiger partial charge < -0.3 is 9.64 Å². The quantitative estimate of drug-likeness (QED) is 0.666. The molecule has 18 heavy (non-hydrogen) atoms. The Balaban J connectivity index is 2.47. The van der Waals surface area contributed by atoms with E-state index in [2.05, 4.69) is 4.90 Å². The summed E-state index contributed by atoms with van der Waals surface area (Å²) < 4.78 is 18.4. The highest BCUT2D eigenvalue weighted by atomic mass is 19.1. The molecule has 0 saturated carbocycles. The highest BCUT2D eigenvalue weighted by molar-refractivity contribution is 5.96. The standard InChI is InChI=1S/C14H20FNO2/c1-3-16(10-11-18-2)9-8-14(17)12-6-4-5-7-13(12)15/h4-7H,3,8-11H2,1-2H3. The Kier molecular flexibility index (Phi) is 6.54. The first kappa shape index (κ1) is 14.8. The minimum Gasteiger partial charge on any atom is -0.383 e. The summed E-state index contributed by atoms with van der Waals surface area (Å²) in [5.41, 5.74) is 0.181. The van der Waals surface area contributed by atoms with Gasteiger partial charge in [-0.15, -0.1) is 0 Å². The number of likely N-dealkylation sites (N-methyl/N-ethyl adjacent to an activating group) is 1. The summed E-state index contributed by atoms with van der Waals surface area (Å²) in [5.74, 6) is -0.591. The zero-order valence-electron chi connectivity index (χ0n) is 11.0. The van der Waals surface area contributed by atoms with Gasteiger partial charge in [0.2, 0.25) is 0 Å². The van der Waals surface area contributed by atoms with Crippen LogP contribution in [-0.2, 0) is 4.74 Å². The van der Waals surface area contributed by atoms with E-state index in [0.717, 1.165) is 13.1 Å². The van der Waals surface area contributed by atoms with Crippen molar-refractivity contribution in [1.29, 1.82) is 0 Å². The number of carbonyl (C=O) groups is 1. The molecule has 0 saturated heterocycles. The second-order valence-electron chi connectivity index (χ2n) is 4.08. The molecule has 0 atom stereocenters. The van der Waals surface area contributed by atoms with Crippen LogP contribution >= 0.6 is 0 Å². The molecular weight excluding hydrogens is 233 g/mol. The fourth-order valence-electron chi connectivity index (χ4n) is 1.73. The maximum absolute atomic E-state index is 13.4. The molecule has 0 N–H and O–H groups in total. The molecule has 0 fully saturated rings. The van der Waals surface area contributed by atoms with Crippen LogP contribution in [0.5, 0.6) is 0 Å². The second kappa shape index (κ2) is 7.95. The molecule has 100 valence electrons. The minimum absolute atomic E-state index is 0.149. The van der Waals surface area contributed by atoms with E-state index in [9.17, 15) is 9.18 Å². The SMILES string of the molecule is CCN(CCOC)CCC(=O)c1ccccc1F. The van der Waals surface area contributed by atoms with Crippen molar-refractivity contribution in [2.45, 2.75) is 13.3 Å². The van der Waals surface area contributed by atoms with Crippen LogP contribution in [0.15, 0.2) is 24.3 Å². The van der Waals surface area contributed by atoms with Crippen LogP contribution in [0.1, 0.15) is 23.7 Å². The Morgan fingerprint density at radius 3 is 2.67 bits per heavy atom. The molecule has 0 aliphatic heterocycles. The molecule has 0 aromatic heterocycles. The monoisotopic (exact) mass is 253 g/mol. The molecule has 0 radical (unpaired) electrons. The van der Waals surface area contributed by atoms with Gasteiger partial charge in [0, 0.05) is 26.6 Å². The van der Waals surface area contributed by atoms with E-state index >= 15 is 0 Å². The number of benzene rings is 1. The first-order valence-electron chi connectivity index (χ1n) is 6.18. The Bertz CT molecular complexity index is 382. The number of rotatable bonds is 8. The number of nitrogens with zero attached hydrogens (tertiary/aromatic N) is 1. The fourth-order valence-corrected chi connectivity index (χ4v) is 1.73. The maximum Gasteiger partial charge on any atom is 0.167 e. The zero-order valence-corrected chi connectivity index (χ0v) is 11.0. The highest BCUT2D eigenvalue weighted by Gasteiger charge is 2.12. The van der Waals surface area contributed by atoms with E-state index < -0.39 is 5.82 Å². The molecule has 0 aliphatic carbocycles. The number of methoxy groups -OCH3 is 1. The number of carbonyl (C=O) groups excluding carboxylic acids is 1. The van der Waals surface area contributed by atoms with E-state index in [1.54, 1.807) is 19.2 Å². The van der Waals surface area contributed by atoms with Gasteiger partial charge in [0.25, 0.3) is 0 Å². The van der Waals surface area contributed by atoms with Crippen molar-refractivity contribution in [2.75, 3.05) is 33.4 Å². The minimum atomic E-state index is -0.442. The number of hydrogen-bond donors (Lipinski definition) is 0. The van der Waals surface area contributed by atoms with Gasteiger partial charge in [-0.1, -0.05) is 19.1 Å². The Labute approximate surface area is 108 Å². The number of hydrogen-bond acceptors (Lipinski definition) is 3. The van der Waals surface area contributed by atoms with E-state index in [4.69, 9.17) is 4.74 Å². The third-order valence-electron chi connectivity index (χ3n) is 2.89. The van der Waals surface area contributed by atoms with Gasteiger partial charge in [0.05, 0.1) is 12.2 Å². The summed E-state index contributed by atoms with van der Waals surface area (Å²) in [4.78, 5) is 14.0. The molecule has 3 nitrogen and oxygen atoms in total. The first-order valence-corrected chi connectivity index (χ1v) is 6.18. The molecule has 0 unspecified atom stereocenters. The average molecular weight is 253 g/mol. The topological polar surface area (TPSA) is 29.5 Å². The number of ketones is 1. The summed E-state index contributed by atoms with van der Waals surface area (Å²) in [6.45, 7) is 4.95. The highest BCUT2D eigenvalue weighted by Crippen LogP contribution is 2.09. The summed E-state index contributed by atoms with van der Waals surface area (Å²) in [6.07, 6.45) is 0.332. The van der Waals surface area contributed by atoms with Gasteiger partial charge in [-0.05, 0) is 18.7 Å². The van der Waals surface area contributed by atoms with E-state index in [1.807, 2.05) is 6.92 Å². The third-order valence-corrected chi connectivity index (χ3v) is 2.89. The van der Waals surface area contributed by atoms with Gasteiger partial charge in [-0.25, -0.2) is 4.39 Å². The van der Waals surface area contributed by atoms with Crippen LogP contribution in [-0.4, -0.2) is 44.0 Å². The molecule has 4 heteroatoms. The normalized spacial score (nSPS) is 10.9. The van der Waals surface area contributed by atoms with Gasteiger partial charge in [0.15, 0.2) is 5.78 Å². The lowest BCUT2D eigenvalue weighted by molar-refractivity contribution is 0.0948. The zero-order chi connectivity index (χ0) is 13.4. The lowest BCUT2D eigenvalue weighted by Crippen LogP contribution is -2.29. The molecule has 0 bridgehead atoms. The third kappa shape index (κ3) is 4.55. The van der Waals surface area contributed by atoms with Crippen LogP contribution in [0.3, 0.4) is 0 Å². The van der Waals surface area contributed by atoms with E-state index in [0.29, 0.717) is 19.6 Å². The van der Waals surface area contributed by atoms with E-state index in [1.165, 1.54) is 12.1 Å². The van der Waals surface area contributed by atoms with Gasteiger partial charge in [0.1, 0.15) is 5.82 Å². The largest absolute Gasteiger partial charge is 0.383 e. The van der Waals surface area contributed by atoms with Crippen LogP contribution < -0.4 is 0 Å². The summed E-state index contributed by atoms with van der Waals surface area (Å²) in [6, 6.07) is 6.11. The molecule has 0 amide bonds. The van der Waals surface area contributed by atoms with Crippen LogP contribution in [0.2, 0.25) is 0 Å². The molecule has 0 aliphatic rings. The van der Waals surface area contributed by atoms with Crippen molar-refractivity contribution < 1.29 is 13.9 Å². The van der Waals surface area contributed by atoms with Crippen LogP contribution in [0.25, 0.3) is 0 Å². The van der Waals surface area contributed by atoms with Crippen molar-refractivity contribution >= 4 is 5.78 Å². The summed E-state index contributed by atoms with van der Waals surface area (Å²) in [5, 5.41) is 0. The molecule has 0 heterocycles. The van der Waals surface area contributed by atoms with Crippen molar-refractivity contribution in [2.24, 2.45) is 0 Å². The Morgan fingerprint density at radius 1 is 1.33 bits per heavy atom. The lowest BCUT2D eigenvalue weighted by atomic mass is 10.1. The average Bonchev–Trinajstić information content (AvgIpc) is 2.39. The summed E-state index contributed by atoms with van der Waals surface area (Å²) >= 11 is 0. The predicted molar refractivity (Wildman–Crippen MR) is 69.3 cm³/mol. The van der Waals surface area contributed by atoms with Gasteiger partial charge >= 0.3 is 0 Å². The smallest absolute Gasteiger partial charge is 0.167 e. The van der Waals surface area contributed by atoms with Gasteiger partial charge in [-0.3, -0.25) is 4.79 Å². The molecule has 1 aromatic carbocycles. The predicted octanol–water partition coefficient (Wildman–Crippen LogP) is 2.37. The van der Waals surface area contributed by atoms with Crippen molar-refractivity contribution in [1.82, 2.24) is 4.90 Å². The van der Waals surface area contributed by atoms with Crippen molar-refractivity contribution in [3.8, 4) is 0 Å². The molecular formula is C14H20FNO2. The fraction of sp³-hybridized carbons (Fsp3) is 0.500. The van der Waals surface area contributed by atoms with Crippen LogP contribution in [0, 0.1) is 5.82 Å². The number of halogens is 1. The Hall–Kier alpha value is -1.26. The lowest BCUT2D eigenvalue weighted by Gasteiger charge is -2.19. The van der Waals surface area contributed by atoms with Crippen molar-refractivity contribution in [3.63, 3.8) is 0 Å². The van der Waals surface area contributed by atoms with Crippen LogP contribution in [0.4, 0.5) is 4.39 Å². The first-order chi connectivity index (χ1) is 8.69. The maximum atomic E-state index is 13.4. The Morgan fingerprint density at radius 2 is 2.06 bits per heavy atom. The number of ether oxygens (including phenoxy) is 1. The molecule has 1 aromatic rings. The summed E-state index contributed by atoms with van der Waals surface area (Å²) in [7, 11) is 1.65. The second-order valence-corrected chi connectivity index (χ2v) is 4.08. The van der Waals surface area contributed by atoms with E-state index in [-0.39, 0.29) is 11.3 Å². The number of Topliss-reactive ketones (excluding diaryl/α,β-unsaturated/α-hetero) is 1. The van der Waals surface area contributed by atoms with Crippen molar-refractivity contribution in [3.05, 3.63) is 35.6 Å².